The van der Waals surface area contributed by atoms with E-state index in [1.54, 1.807) is 6.07 Å². The van der Waals surface area contributed by atoms with Gasteiger partial charge in [-0.2, -0.15) is 0 Å². The highest BCUT2D eigenvalue weighted by molar-refractivity contribution is 6.59. The van der Waals surface area contributed by atoms with E-state index in [1.807, 2.05) is 0 Å². The summed E-state index contributed by atoms with van der Waals surface area (Å²) < 4.78 is 9.95. The molecule has 0 saturated heterocycles. The second-order valence-corrected chi connectivity index (χ2v) is 2.99. The monoisotopic (exact) mass is 212 g/mol. The van der Waals surface area contributed by atoms with Gasteiger partial charge < -0.3 is 24.6 Å². The van der Waals surface area contributed by atoms with Crippen LogP contribution < -0.4 is 14.9 Å². The molecule has 6 heteroatoms. The lowest BCUT2D eigenvalue weighted by Crippen LogP contribution is -2.32. The maximum absolute atomic E-state index is 9.05. The van der Waals surface area contributed by atoms with Crippen molar-refractivity contribution >= 4 is 12.6 Å². The van der Waals surface area contributed by atoms with Crippen LogP contribution in [0.5, 0.6) is 11.5 Å². The Morgan fingerprint density at radius 1 is 1.33 bits per heavy atom. The van der Waals surface area contributed by atoms with Gasteiger partial charge in [0.15, 0.2) is 6.29 Å². The van der Waals surface area contributed by atoms with Crippen LogP contribution in [0.15, 0.2) is 18.2 Å². The molecule has 5 nitrogen and oxygen atoms in total. The van der Waals surface area contributed by atoms with Gasteiger partial charge in [0.1, 0.15) is 11.5 Å². The molecule has 3 N–H and O–H groups in total. The van der Waals surface area contributed by atoms with Crippen molar-refractivity contribution < 1.29 is 24.6 Å². The van der Waals surface area contributed by atoms with E-state index in [9.17, 15) is 0 Å². The van der Waals surface area contributed by atoms with Crippen molar-refractivity contribution in [3.05, 3.63) is 18.2 Å². The molecule has 0 heterocycles. The topological polar surface area (TPSA) is 79.2 Å². The van der Waals surface area contributed by atoms with Gasteiger partial charge in [0.05, 0.1) is 7.11 Å². The summed E-state index contributed by atoms with van der Waals surface area (Å²) in [5, 5.41) is 27.1. The van der Waals surface area contributed by atoms with Crippen LogP contribution in [0, 0.1) is 0 Å². The van der Waals surface area contributed by atoms with E-state index in [-0.39, 0.29) is 11.2 Å². The lowest BCUT2D eigenvalue weighted by Gasteiger charge is -2.14. The van der Waals surface area contributed by atoms with Gasteiger partial charge >= 0.3 is 7.12 Å². The lowest BCUT2D eigenvalue weighted by atomic mass is 9.79. The smallest absolute Gasteiger partial charge is 0.492 e. The Balaban J connectivity index is 3.05. The first kappa shape index (κ1) is 11.8. The molecule has 0 spiro atoms. The molecule has 1 aromatic carbocycles. The number of methoxy groups -OCH3 is 1. The molecule has 0 aliphatic heterocycles. The van der Waals surface area contributed by atoms with Crippen molar-refractivity contribution in [2.24, 2.45) is 0 Å². The summed E-state index contributed by atoms with van der Waals surface area (Å²) in [6, 6.07) is 4.51. The van der Waals surface area contributed by atoms with E-state index in [2.05, 4.69) is 0 Å². The normalized spacial score (nSPS) is 12.1. The van der Waals surface area contributed by atoms with E-state index < -0.39 is 13.4 Å². The number of rotatable bonds is 4. The van der Waals surface area contributed by atoms with Crippen molar-refractivity contribution in [2.45, 2.75) is 13.2 Å². The van der Waals surface area contributed by atoms with Gasteiger partial charge in [0.2, 0.25) is 0 Å². The summed E-state index contributed by atoms with van der Waals surface area (Å²) in [6.45, 7) is 1.42. The van der Waals surface area contributed by atoms with Crippen LogP contribution in [0.3, 0.4) is 0 Å². The van der Waals surface area contributed by atoms with Crippen molar-refractivity contribution in [1.29, 1.82) is 0 Å². The number of hydrogen-bond acceptors (Lipinski definition) is 5. The first-order valence-corrected chi connectivity index (χ1v) is 4.43. The average Bonchev–Trinajstić information content (AvgIpc) is 2.16. The highest BCUT2D eigenvalue weighted by Crippen LogP contribution is 2.18. The van der Waals surface area contributed by atoms with Gasteiger partial charge in [0.25, 0.3) is 0 Å². The molecular weight excluding hydrogens is 199 g/mol. The molecule has 0 amide bonds. The summed E-state index contributed by atoms with van der Waals surface area (Å²) in [5.74, 6) is 0.689. The van der Waals surface area contributed by atoms with Gasteiger partial charge in [-0.15, -0.1) is 0 Å². The predicted molar refractivity (Wildman–Crippen MR) is 55.1 cm³/mol. The van der Waals surface area contributed by atoms with E-state index >= 15 is 0 Å². The number of aliphatic hydroxyl groups is 1. The first-order valence-electron chi connectivity index (χ1n) is 4.43. The molecule has 0 bridgehead atoms. The van der Waals surface area contributed by atoms with E-state index in [0.717, 1.165) is 0 Å². The predicted octanol–water partition coefficient (Wildman–Crippen LogP) is -0.908. The van der Waals surface area contributed by atoms with Gasteiger partial charge in [-0.3, -0.25) is 0 Å². The van der Waals surface area contributed by atoms with Crippen molar-refractivity contribution in [2.75, 3.05) is 7.11 Å². The summed E-state index contributed by atoms with van der Waals surface area (Å²) in [7, 11) is -0.166. The van der Waals surface area contributed by atoms with Gasteiger partial charge in [-0.05, 0) is 13.0 Å². The number of aliphatic hydroxyl groups excluding tert-OH is 1. The maximum atomic E-state index is 9.05. The lowest BCUT2D eigenvalue weighted by molar-refractivity contribution is 0.000246. The second-order valence-electron chi connectivity index (χ2n) is 2.99. The number of ether oxygens (including phenoxy) is 2. The number of benzene rings is 1. The third-order valence-corrected chi connectivity index (χ3v) is 1.80. The molecule has 1 rings (SSSR count). The molecule has 15 heavy (non-hydrogen) atoms. The zero-order chi connectivity index (χ0) is 11.4. The standard InChI is InChI=1S/C9H13BO5/c1-6(11)15-9-5-7(14-2)3-4-8(9)10(12)13/h3-6,11-13H,1-2H3. The Labute approximate surface area is 88.0 Å². The Morgan fingerprint density at radius 2 is 2.00 bits per heavy atom. The SMILES string of the molecule is COc1ccc(B(O)O)c(OC(C)O)c1. The molecule has 0 aliphatic carbocycles. The summed E-state index contributed by atoms with van der Waals surface area (Å²) in [5.41, 5.74) is 0.178. The zero-order valence-electron chi connectivity index (χ0n) is 8.54. The van der Waals surface area contributed by atoms with Crippen molar-refractivity contribution in [3.8, 4) is 11.5 Å². The Kier molecular flexibility index (Phi) is 3.96. The minimum Gasteiger partial charge on any atom is -0.497 e. The molecule has 0 aromatic heterocycles. The molecule has 0 radical (unpaired) electrons. The Bertz CT molecular complexity index is 326. The fraction of sp³-hybridized carbons (Fsp3) is 0.333. The van der Waals surface area contributed by atoms with Gasteiger partial charge in [0, 0.05) is 11.5 Å². The van der Waals surface area contributed by atoms with E-state index in [0.29, 0.717) is 5.75 Å². The molecule has 1 unspecified atom stereocenters. The largest absolute Gasteiger partial charge is 0.497 e. The second kappa shape index (κ2) is 5.02. The maximum Gasteiger partial charge on any atom is 0.492 e. The molecule has 0 fully saturated rings. The van der Waals surface area contributed by atoms with Crippen LogP contribution in [0.1, 0.15) is 6.92 Å². The molecule has 0 saturated carbocycles. The fourth-order valence-corrected chi connectivity index (χ4v) is 1.14. The molecule has 82 valence electrons. The Hall–Kier alpha value is -1.24. The summed E-state index contributed by atoms with van der Waals surface area (Å²) in [6.07, 6.45) is -1.03. The third-order valence-electron chi connectivity index (χ3n) is 1.80. The van der Waals surface area contributed by atoms with Crippen LogP contribution in [-0.2, 0) is 0 Å². The Morgan fingerprint density at radius 3 is 2.47 bits per heavy atom. The van der Waals surface area contributed by atoms with E-state index in [4.69, 9.17) is 24.6 Å². The molecule has 0 aliphatic rings. The quantitative estimate of drug-likeness (QED) is 0.444. The van der Waals surface area contributed by atoms with Crippen LogP contribution in [0.25, 0.3) is 0 Å². The van der Waals surface area contributed by atoms with Crippen LogP contribution in [0.4, 0.5) is 0 Å². The fourth-order valence-electron chi connectivity index (χ4n) is 1.14. The van der Waals surface area contributed by atoms with Gasteiger partial charge in [-0.25, -0.2) is 0 Å². The van der Waals surface area contributed by atoms with Crippen molar-refractivity contribution in [3.63, 3.8) is 0 Å². The number of hydrogen-bond donors (Lipinski definition) is 3. The van der Waals surface area contributed by atoms with Crippen LogP contribution in [0.2, 0.25) is 0 Å². The zero-order valence-corrected chi connectivity index (χ0v) is 8.54. The van der Waals surface area contributed by atoms with E-state index in [1.165, 1.54) is 26.2 Å². The van der Waals surface area contributed by atoms with Gasteiger partial charge in [-0.1, -0.05) is 6.07 Å². The van der Waals surface area contributed by atoms with Crippen molar-refractivity contribution in [1.82, 2.24) is 0 Å². The first-order chi connectivity index (χ1) is 7.04. The average molecular weight is 212 g/mol. The minimum absolute atomic E-state index is 0.178. The van der Waals surface area contributed by atoms with Crippen LogP contribution in [-0.4, -0.2) is 35.7 Å². The third kappa shape index (κ3) is 3.12. The summed E-state index contributed by atoms with van der Waals surface area (Å²) in [4.78, 5) is 0. The minimum atomic E-state index is -1.65. The molecular formula is C9H13BO5. The highest BCUT2D eigenvalue weighted by atomic mass is 16.6. The molecule has 1 aromatic rings. The van der Waals surface area contributed by atoms with Crippen LogP contribution >= 0.6 is 0 Å². The highest BCUT2D eigenvalue weighted by Gasteiger charge is 2.18. The molecule has 1 atom stereocenters. The summed E-state index contributed by atoms with van der Waals surface area (Å²) >= 11 is 0.